The summed E-state index contributed by atoms with van der Waals surface area (Å²) in [5.74, 6) is 0.830. The van der Waals surface area contributed by atoms with Gasteiger partial charge in [0.15, 0.2) is 18.1 Å². The molecule has 2 aromatic rings. The minimum atomic E-state index is -3.53. The molecule has 1 N–H and O–H groups in total. The molecule has 2 aromatic carbocycles. The van der Waals surface area contributed by atoms with Gasteiger partial charge in [-0.15, -0.1) is 0 Å². The summed E-state index contributed by atoms with van der Waals surface area (Å²) in [6.07, 6.45) is 1.12. The van der Waals surface area contributed by atoms with Crippen molar-refractivity contribution in [3.63, 3.8) is 0 Å². The Morgan fingerprint density at radius 2 is 1.73 bits per heavy atom. The fraction of sp³-hybridized carbons (Fsp3) is 0.409. The highest BCUT2D eigenvalue weighted by Gasteiger charge is 2.30. The Morgan fingerprint density at radius 1 is 1.07 bits per heavy atom. The maximum atomic E-state index is 12.9. The minimum Gasteiger partial charge on any atom is -0.493 e. The van der Waals surface area contributed by atoms with Crippen LogP contribution in [0.2, 0.25) is 0 Å². The molecule has 1 heterocycles. The Balaban J connectivity index is 1.51. The predicted octanol–water partition coefficient (Wildman–Crippen LogP) is 2.66. The second kappa shape index (κ2) is 9.49. The van der Waals surface area contributed by atoms with E-state index in [4.69, 9.17) is 9.47 Å². The van der Waals surface area contributed by atoms with Crippen LogP contribution in [-0.4, -0.2) is 51.5 Å². The van der Waals surface area contributed by atoms with Crippen molar-refractivity contribution in [3.05, 3.63) is 53.6 Å². The van der Waals surface area contributed by atoms with E-state index in [2.05, 4.69) is 5.32 Å². The number of carbonyl (C=O) groups excluding carboxylic acids is 1. The van der Waals surface area contributed by atoms with E-state index >= 15 is 0 Å². The summed E-state index contributed by atoms with van der Waals surface area (Å²) in [6.45, 7) is 4.48. The average Bonchev–Trinajstić information content (AvgIpc) is 2.74. The van der Waals surface area contributed by atoms with Crippen molar-refractivity contribution >= 4 is 15.9 Å². The van der Waals surface area contributed by atoms with E-state index in [9.17, 15) is 13.2 Å². The van der Waals surface area contributed by atoms with E-state index in [0.717, 1.165) is 11.1 Å². The third-order valence-electron chi connectivity index (χ3n) is 5.36. The SMILES string of the molecule is COc1ccccc1OCC(=O)NC1CCN(S(=O)(=O)c2ccc(C)c(C)c2)CC1. The van der Waals surface area contributed by atoms with Crippen LogP contribution in [0.4, 0.5) is 0 Å². The third kappa shape index (κ3) is 5.12. The molecule has 1 saturated heterocycles. The van der Waals surface area contributed by atoms with Crippen LogP contribution in [-0.2, 0) is 14.8 Å². The van der Waals surface area contributed by atoms with E-state index in [1.165, 1.54) is 4.31 Å². The minimum absolute atomic E-state index is 0.0787. The number of amides is 1. The van der Waals surface area contributed by atoms with Crippen LogP contribution in [0.15, 0.2) is 47.4 Å². The number of nitrogens with one attached hydrogen (secondary N) is 1. The second-order valence-corrected chi connectivity index (χ2v) is 9.37. The van der Waals surface area contributed by atoms with Gasteiger partial charge in [0, 0.05) is 19.1 Å². The molecule has 162 valence electrons. The molecule has 0 spiro atoms. The second-order valence-electron chi connectivity index (χ2n) is 7.43. The number of benzene rings is 2. The van der Waals surface area contributed by atoms with E-state index in [0.29, 0.717) is 42.3 Å². The number of hydrogen-bond acceptors (Lipinski definition) is 5. The summed E-state index contributed by atoms with van der Waals surface area (Å²) >= 11 is 0. The summed E-state index contributed by atoms with van der Waals surface area (Å²) in [5.41, 5.74) is 2.01. The fourth-order valence-electron chi connectivity index (χ4n) is 3.41. The van der Waals surface area contributed by atoms with Crippen LogP contribution in [0.25, 0.3) is 0 Å². The molecule has 1 fully saturated rings. The van der Waals surface area contributed by atoms with Crippen LogP contribution in [0, 0.1) is 13.8 Å². The lowest BCUT2D eigenvalue weighted by Gasteiger charge is -2.31. The van der Waals surface area contributed by atoms with Crippen molar-refractivity contribution in [2.45, 2.75) is 37.6 Å². The van der Waals surface area contributed by atoms with Crippen molar-refractivity contribution in [1.29, 1.82) is 0 Å². The Bertz CT molecular complexity index is 998. The highest BCUT2D eigenvalue weighted by atomic mass is 32.2. The Kier molecular flexibility index (Phi) is 6.99. The first-order valence-corrected chi connectivity index (χ1v) is 11.4. The molecule has 0 saturated carbocycles. The maximum Gasteiger partial charge on any atom is 0.258 e. The van der Waals surface area contributed by atoms with Gasteiger partial charge in [0.05, 0.1) is 12.0 Å². The van der Waals surface area contributed by atoms with Gasteiger partial charge in [0.25, 0.3) is 5.91 Å². The van der Waals surface area contributed by atoms with Crippen LogP contribution in [0.5, 0.6) is 11.5 Å². The lowest BCUT2D eigenvalue weighted by atomic mass is 10.1. The van der Waals surface area contributed by atoms with E-state index < -0.39 is 10.0 Å². The number of para-hydroxylation sites is 2. The average molecular weight is 433 g/mol. The molecule has 1 aliphatic rings. The van der Waals surface area contributed by atoms with Gasteiger partial charge < -0.3 is 14.8 Å². The highest BCUT2D eigenvalue weighted by Crippen LogP contribution is 2.26. The molecule has 3 rings (SSSR count). The number of hydrogen-bond donors (Lipinski definition) is 1. The largest absolute Gasteiger partial charge is 0.493 e. The van der Waals surface area contributed by atoms with Gasteiger partial charge >= 0.3 is 0 Å². The third-order valence-corrected chi connectivity index (χ3v) is 7.26. The summed E-state index contributed by atoms with van der Waals surface area (Å²) in [7, 11) is -1.98. The van der Waals surface area contributed by atoms with E-state index in [1.54, 1.807) is 31.4 Å². The van der Waals surface area contributed by atoms with Gasteiger partial charge in [0.2, 0.25) is 10.0 Å². The van der Waals surface area contributed by atoms with E-state index in [1.807, 2.05) is 32.0 Å². The molecule has 0 unspecified atom stereocenters. The van der Waals surface area contributed by atoms with Crippen molar-refractivity contribution in [2.75, 3.05) is 26.8 Å². The molecule has 1 aliphatic heterocycles. The number of nitrogens with zero attached hydrogens (tertiary/aromatic N) is 1. The topological polar surface area (TPSA) is 84.9 Å². The lowest BCUT2D eigenvalue weighted by Crippen LogP contribution is -2.47. The van der Waals surface area contributed by atoms with Crippen molar-refractivity contribution in [3.8, 4) is 11.5 Å². The zero-order valence-electron chi connectivity index (χ0n) is 17.6. The predicted molar refractivity (Wildman–Crippen MR) is 114 cm³/mol. The van der Waals surface area contributed by atoms with Crippen molar-refractivity contribution in [2.24, 2.45) is 0 Å². The first kappa shape index (κ1) is 22.1. The highest BCUT2D eigenvalue weighted by molar-refractivity contribution is 7.89. The number of aryl methyl sites for hydroxylation is 2. The van der Waals surface area contributed by atoms with Crippen LogP contribution in [0.3, 0.4) is 0 Å². The monoisotopic (exact) mass is 432 g/mol. The number of carbonyl (C=O) groups is 1. The summed E-state index contributed by atoms with van der Waals surface area (Å²) in [4.78, 5) is 12.6. The molecule has 0 aromatic heterocycles. The van der Waals surface area contributed by atoms with Gasteiger partial charge in [0.1, 0.15) is 0 Å². The van der Waals surface area contributed by atoms with Gasteiger partial charge in [-0.3, -0.25) is 4.79 Å². The molecule has 1 amide bonds. The van der Waals surface area contributed by atoms with Gasteiger partial charge in [-0.25, -0.2) is 8.42 Å². The quantitative estimate of drug-likeness (QED) is 0.727. The zero-order chi connectivity index (χ0) is 21.7. The van der Waals surface area contributed by atoms with Crippen molar-refractivity contribution < 1.29 is 22.7 Å². The fourth-order valence-corrected chi connectivity index (χ4v) is 4.97. The summed E-state index contributed by atoms with van der Waals surface area (Å²) in [6, 6.07) is 12.3. The van der Waals surface area contributed by atoms with Gasteiger partial charge in [-0.05, 0) is 62.1 Å². The molecule has 0 aliphatic carbocycles. The standard InChI is InChI=1S/C22H28N2O5S/c1-16-8-9-19(14-17(16)2)30(26,27)24-12-10-18(11-13-24)23-22(25)15-29-21-7-5-4-6-20(21)28-3/h4-9,14,18H,10-13,15H2,1-3H3,(H,23,25). The molecule has 30 heavy (non-hydrogen) atoms. The van der Waals surface area contributed by atoms with Gasteiger partial charge in [-0.2, -0.15) is 4.31 Å². The molecule has 0 bridgehead atoms. The maximum absolute atomic E-state index is 12.9. The molecule has 0 atom stereocenters. The number of sulfonamides is 1. The molecule has 0 radical (unpaired) electrons. The number of piperidine rings is 1. The lowest BCUT2D eigenvalue weighted by molar-refractivity contribution is -0.124. The Morgan fingerprint density at radius 3 is 2.37 bits per heavy atom. The normalized spacial score (nSPS) is 15.6. The first-order chi connectivity index (χ1) is 14.3. The smallest absolute Gasteiger partial charge is 0.258 e. The summed E-state index contributed by atoms with van der Waals surface area (Å²) in [5, 5.41) is 2.93. The van der Waals surface area contributed by atoms with Gasteiger partial charge in [-0.1, -0.05) is 18.2 Å². The van der Waals surface area contributed by atoms with Crippen LogP contribution >= 0.6 is 0 Å². The molecule has 8 heteroatoms. The zero-order valence-corrected chi connectivity index (χ0v) is 18.4. The summed E-state index contributed by atoms with van der Waals surface area (Å²) < 4.78 is 38.0. The number of rotatable bonds is 7. The number of methoxy groups -OCH3 is 1. The van der Waals surface area contributed by atoms with Crippen LogP contribution < -0.4 is 14.8 Å². The Labute approximate surface area is 178 Å². The van der Waals surface area contributed by atoms with Crippen LogP contribution in [0.1, 0.15) is 24.0 Å². The van der Waals surface area contributed by atoms with E-state index in [-0.39, 0.29) is 18.6 Å². The van der Waals surface area contributed by atoms with Crippen molar-refractivity contribution in [1.82, 2.24) is 9.62 Å². The molecular formula is C22H28N2O5S. The number of ether oxygens (including phenoxy) is 2. The molecule has 7 nitrogen and oxygen atoms in total. The molecular weight excluding hydrogens is 404 g/mol. The first-order valence-electron chi connectivity index (χ1n) is 9.94. The Hall–Kier alpha value is -2.58.